The molecule has 0 spiro atoms. The molecule has 2 atom stereocenters. The number of ether oxygens (including phenoxy) is 2. The number of rotatable bonds is 4. The Morgan fingerprint density at radius 2 is 2.22 bits per heavy atom. The predicted octanol–water partition coefficient (Wildman–Crippen LogP) is 1.39. The lowest BCUT2D eigenvalue weighted by Crippen LogP contribution is -2.12. The molecule has 0 radical (unpaired) electrons. The van der Waals surface area contributed by atoms with Crippen LogP contribution in [0, 0.1) is 5.82 Å². The Morgan fingerprint density at radius 1 is 1.50 bits per heavy atom. The van der Waals surface area contributed by atoms with Crippen molar-refractivity contribution in [1.29, 1.82) is 0 Å². The van der Waals surface area contributed by atoms with Crippen molar-refractivity contribution in [2.45, 2.75) is 18.6 Å². The van der Waals surface area contributed by atoms with Crippen LogP contribution in [-0.2, 0) is 9.47 Å². The SMILES string of the molecule is COC(=O)c1cc(N)c(NC2CC2OC)cc1F. The lowest BCUT2D eigenvalue weighted by atomic mass is 10.1. The van der Waals surface area contributed by atoms with Gasteiger partial charge in [-0.25, -0.2) is 9.18 Å². The minimum atomic E-state index is -0.744. The van der Waals surface area contributed by atoms with E-state index in [0.29, 0.717) is 11.4 Å². The average molecular weight is 254 g/mol. The fourth-order valence-corrected chi connectivity index (χ4v) is 1.77. The van der Waals surface area contributed by atoms with Crippen molar-refractivity contribution < 1.29 is 18.7 Å². The fourth-order valence-electron chi connectivity index (χ4n) is 1.77. The first-order valence-corrected chi connectivity index (χ1v) is 5.53. The van der Waals surface area contributed by atoms with Crippen LogP contribution in [0.2, 0.25) is 0 Å². The summed E-state index contributed by atoms with van der Waals surface area (Å²) in [5.41, 5.74) is 6.37. The van der Waals surface area contributed by atoms with Crippen molar-refractivity contribution >= 4 is 17.3 Å². The number of benzene rings is 1. The van der Waals surface area contributed by atoms with Crippen molar-refractivity contribution in [3.63, 3.8) is 0 Å². The molecule has 5 nitrogen and oxygen atoms in total. The summed E-state index contributed by atoms with van der Waals surface area (Å²) in [7, 11) is 2.81. The van der Waals surface area contributed by atoms with E-state index in [1.54, 1.807) is 7.11 Å². The third-order valence-corrected chi connectivity index (χ3v) is 2.92. The molecule has 3 N–H and O–H groups in total. The Labute approximate surface area is 104 Å². The van der Waals surface area contributed by atoms with Crippen LogP contribution in [0.25, 0.3) is 0 Å². The van der Waals surface area contributed by atoms with Crippen LogP contribution in [0.5, 0.6) is 0 Å². The molecule has 1 aliphatic carbocycles. The molecule has 0 amide bonds. The summed E-state index contributed by atoms with van der Waals surface area (Å²) in [5, 5.41) is 3.07. The minimum absolute atomic E-state index is 0.132. The highest BCUT2D eigenvalue weighted by Crippen LogP contribution is 2.32. The zero-order chi connectivity index (χ0) is 13.3. The molecule has 0 saturated heterocycles. The van der Waals surface area contributed by atoms with E-state index in [0.717, 1.165) is 6.42 Å². The molecule has 2 unspecified atom stereocenters. The molecule has 98 valence electrons. The summed E-state index contributed by atoms with van der Waals surface area (Å²) in [6, 6.07) is 2.61. The predicted molar refractivity (Wildman–Crippen MR) is 65.0 cm³/mol. The molecular formula is C12H15FN2O3. The van der Waals surface area contributed by atoms with E-state index in [9.17, 15) is 9.18 Å². The monoisotopic (exact) mass is 254 g/mol. The van der Waals surface area contributed by atoms with Gasteiger partial charge in [-0.2, -0.15) is 0 Å². The maximum Gasteiger partial charge on any atom is 0.340 e. The van der Waals surface area contributed by atoms with E-state index in [1.165, 1.54) is 19.2 Å². The molecule has 18 heavy (non-hydrogen) atoms. The molecule has 1 fully saturated rings. The van der Waals surface area contributed by atoms with Gasteiger partial charge in [0.2, 0.25) is 0 Å². The van der Waals surface area contributed by atoms with Crippen LogP contribution in [0.1, 0.15) is 16.8 Å². The molecule has 6 heteroatoms. The largest absolute Gasteiger partial charge is 0.465 e. The van der Waals surface area contributed by atoms with Gasteiger partial charge in [0.15, 0.2) is 0 Å². The maximum absolute atomic E-state index is 13.7. The van der Waals surface area contributed by atoms with Gasteiger partial charge >= 0.3 is 5.97 Å². The van der Waals surface area contributed by atoms with Gasteiger partial charge in [0, 0.05) is 7.11 Å². The highest BCUT2D eigenvalue weighted by molar-refractivity contribution is 5.92. The number of nitrogen functional groups attached to an aromatic ring is 1. The van der Waals surface area contributed by atoms with Gasteiger partial charge in [0.25, 0.3) is 0 Å². The summed E-state index contributed by atoms with van der Waals surface area (Å²) in [4.78, 5) is 11.3. The number of nitrogens with two attached hydrogens (primary N) is 1. The number of anilines is 2. The highest BCUT2D eigenvalue weighted by Gasteiger charge is 2.37. The Hall–Kier alpha value is -1.82. The summed E-state index contributed by atoms with van der Waals surface area (Å²) in [5.74, 6) is -1.40. The molecule has 0 bridgehead atoms. The Morgan fingerprint density at radius 3 is 2.78 bits per heavy atom. The van der Waals surface area contributed by atoms with E-state index < -0.39 is 11.8 Å². The second-order valence-corrected chi connectivity index (χ2v) is 4.17. The summed E-state index contributed by atoms with van der Waals surface area (Å²) < 4.78 is 23.3. The normalized spacial score (nSPS) is 21.5. The van der Waals surface area contributed by atoms with Crippen LogP contribution in [0.3, 0.4) is 0 Å². The van der Waals surface area contributed by atoms with Crippen LogP contribution < -0.4 is 11.1 Å². The molecule has 1 saturated carbocycles. The minimum Gasteiger partial charge on any atom is -0.465 e. The number of hydrogen-bond acceptors (Lipinski definition) is 5. The maximum atomic E-state index is 13.7. The fraction of sp³-hybridized carbons (Fsp3) is 0.417. The van der Waals surface area contributed by atoms with Crippen molar-refractivity contribution in [2.24, 2.45) is 0 Å². The topological polar surface area (TPSA) is 73.6 Å². The van der Waals surface area contributed by atoms with Gasteiger partial charge in [0.05, 0.1) is 36.2 Å². The third kappa shape index (κ3) is 2.38. The number of methoxy groups -OCH3 is 2. The van der Waals surface area contributed by atoms with Crippen LogP contribution in [0.4, 0.5) is 15.8 Å². The van der Waals surface area contributed by atoms with Gasteiger partial charge in [0.1, 0.15) is 5.82 Å². The number of esters is 1. The molecule has 1 aromatic carbocycles. The first-order valence-electron chi connectivity index (χ1n) is 5.53. The van der Waals surface area contributed by atoms with E-state index in [4.69, 9.17) is 10.5 Å². The first-order chi connectivity index (χ1) is 8.56. The zero-order valence-electron chi connectivity index (χ0n) is 10.2. The second-order valence-electron chi connectivity index (χ2n) is 4.17. The summed E-state index contributed by atoms with van der Waals surface area (Å²) in [6.45, 7) is 0. The lowest BCUT2D eigenvalue weighted by Gasteiger charge is -2.11. The quantitative estimate of drug-likeness (QED) is 0.627. The lowest BCUT2D eigenvalue weighted by molar-refractivity contribution is 0.0595. The van der Waals surface area contributed by atoms with Crippen LogP contribution in [-0.4, -0.2) is 32.3 Å². The molecule has 1 aromatic rings. The van der Waals surface area contributed by atoms with Gasteiger partial charge in [-0.1, -0.05) is 0 Å². The number of hydrogen-bond donors (Lipinski definition) is 2. The van der Waals surface area contributed by atoms with Crippen molar-refractivity contribution in [2.75, 3.05) is 25.3 Å². The average Bonchev–Trinajstić information content (AvgIpc) is 3.11. The van der Waals surface area contributed by atoms with Crippen LogP contribution in [0.15, 0.2) is 12.1 Å². The highest BCUT2D eigenvalue weighted by atomic mass is 19.1. The van der Waals surface area contributed by atoms with Crippen molar-refractivity contribution in [3.8, 4) is 0 Å². The molecular weight excluding hydrogens is 239 g/mol. The van der Waals surface area contributed by atoms with E-state index in [1.807, 2.05) is 0 Å². The Bertz CT molecular complexity index is 479. The molecule has 0 aliphatic heterocycles. The van der Waals surface area contributed by atoms with Crippen molar-refractivity contribution in [3.05, 3.63) is 23.5 Å². The number of carbonyl (C=O) groups is 1. The standard InChI is InChI=1S/C12H15FN2O3/c1-17-11-5-10(11)15-9-4-7(13)6(3-8(9)14)12(16)18-2/h3-4,10-11,15H,5,14H2,1-2H3. The Balaban J connectivity index is 2.18. The van der Waals surface area contributed by atoms with Crippen molar-refractivity contribution in [1.82, 2.24) is 0 Å². The third-order valence-electron chi connectivity index (χ3n) is 2.92. The Kier molecular flexibility index (Phi) is 3.38. The molecule has 2 rings (SSSR count). The number of halogens is 1. The summed E-state index contributed by atoms with van der Waals surface area (Å²) in [6.07, 6.45) is 0.990. The van der Waals surface area contributed by atoms with E-state index in [2.05, 4.69) is 10.1 Å². The van der Waals surface area contributed by atoms with Crippen LogP contribution >= 0.6 is 0 Å². The summed E-state index contributed by atoms with van der Waals surface area (Å²) >= 11 is 0. The first kappa shape index (κ1) is 12.6. The molecule has 0 aromatic heterocycles. The van der Waals surface area contributed by atoms with E-state index >= 15 is 0 Å². The second kappa shape index (κ2) is 4.81. The van der Waals surface area contributed by atoms with Gasteiger partial charge < -0.3 is 20.5 Å². The smallest absolute Gasteiger partial charge is 0.340 e. The van der Waals surface area contributed by atoms with Gasteiger partial charge in [-0.05, 0) is 18.6 Å². The number of carbonyl (C=O) groups excluding carboxylic acids is 1. The zero-order valence-corrected chi connectivity index (χ0v) is 10.2. The van der Waals surface area contributed by atoms with Gasteiger partial charge in [-0.3, -0.25) is 0 Å². The molecule has 0 heterocycles. The number of nitrogens with one attached hydrogen (secondary N) is 1. The van der Waals surface area contributed by atoms with Gasteiger partial charge in [-0.15, -0.1) is 0 Å². The van der Waals surface area contributed by atoms with E-state index in [-0.39, 0.29) is 17.7 Å². The molecule has 1 aliphatic rings.